The smallest absolute Gasteiger partial charge is 0.250 e. The van der Waals surface area contributed by atoms with Gasteiger partial charge in [0.25, 0.3) is 5.56 Å². The number of halogens is 2. The van der Waals surface area contributed by atoms with Crippen molar-refractivity contribution in [2.75, 3.05) is 13.1 Å². The molecule has 7 heteroatoms. The maximum atomic E-state index is 12.9. The summed E-state index contributed by atoms with van der Waals surface area (Å²) < 4.78 is 7.81. The second-order valence-corrected chi connectivity index (χ2v) is 9.23. The maximum absolute atomic E-state index is 12.9. The summed E-state index contributed by atoms with van der Waals surface area (Å²) in [6, 6.07) is 14.4. The molecule has 1 saturated heterocycles. The molecular weight excluding hydrogens is 435 g/mol. The van der Waals surface area contributed by atoms with Crippen LogP contribution in [0.4, 0.5) is 0 Å². The van der Waals surface area contributed by atoms with Gasteiger partial charge >= 0.3 is 0 Å². The Labute approximate surface area is 190 Å². The lowest BCUT2D eigenvalue weighted by Gasteiger charge is -2.42. The normalized spacial score (nSPS) is 19.9. The number of hydrogen-bond donors (Lipinski definition) is 0. The first-order chi connectivity index (χ1) is 15.0. The lowest BCUT2D eigenvalue weighted by Crippen LogP contribution is -2.49. The standard InChI is InChI=1S/C24H22Cl2N2O3/c25-17-4-7-20(26)19(11-17)22-8-5-18(31-22)6-9-23(29)27-12-15-10-16(14-27)21-2-1-3-24(30)28(21)13-15/h1-5,7-8,11,15-16H,6,9-10,12-14H2. The number of furan rings is 1. The predicted octanol–water partition coefficient (Wildman–Crippen LogP) is 4.99. The van der Waals surface area contributed by atoms with Crippen molar-refractivity contribution in [1.82, 2.24) is 9.47 Å². The number of amides is 1. The Hall–Kier alpha value is -2.50. The molecule has 2 aliphatic heterocycles. The van der Waals surface area contributed by atoms with Gasteiger partial charge in [0, 0.05) is 60.7 Å². The molecule has 0 spiro atoms. The third kappa shape index (κ3) is 4.04. The number of carbonyl (C=O) groups is 1. The summed E-state index contributed by atoms with van der Waals surface area (Å²) in [5, 5.41) is 1.16. The van der Waals surface area contributed by atoms with Crippen LogP contribution in [0.25, 0.3) is 11.3 Å². The van der Waals surface area contributed by atoms with Crippen molar-refractivity contribution in [2.45, 2.75) is 31.7 Å². The highest BCUT2D eigenvalue weighted by molar-refractivity contribution is 6.35. The fourth-order valence-electron chi connectivity index (χ4n) is 4.83. The van der Waals surface area contributed by atoms with Gasteiger partial charge in [0.05, 0.1) is 5.02 Å². The number of carbonyl (C=O) groups excluding carboxylic acids is 1. The summed E-state index contributed by atoms with van der Waals surface area (Å²) in [6.07, 6.45) is 1.95. The molecule has 2 aliphatic rings. The van der Waals surface area contributed by atoms with E-state index in [0.29, 0.717) is 54.2 Å². The van der Waals surface area contributed by atoms with Crippen LogP contribution in [0.5, 0.6) is 0 Å². The van der Waals surface area contributed by atoms with E-state index in [0.717, 1.165) is 23.4 Å². The molecule has 5 nitrogen and oxygen atoms in total. The van der Waals surface area contributed by atoms with Crippen molar-refractivity contribution in [3.63, 3.8) is 0 Å². The quantitative estimate of drug-likeness (QED) is 0.555. The van der Waals surface area contributed by atoms with Crippen molar-refractivity contribution < 1.29 is 9.21 Å². The number of piperidine rings is 1. The first-order valence-corrected chi connectivity index (χ1v) is 11.2. The van der Waals surface area contributed by atoms with Gasteiger partial charge in [0.2, 0.25) is 5.91 Å². The number of nitrogens with zero attached hydrogens (tertiary/aromatic N) is 2. The minimum absolute atomic E-state index is 0.0559. The van der Waals surface area contributed by atoms with E-state index in [-0.39, 0.29) is 17.4 Å². The summed E-state index contributed by atoms with van der Waals surface area (Å²) >= 11 is 12.3. The molecule has 0 N–H and O–H groups in total. The first kappa shape index (κ1) is 20.4. The van der Waals surface area contributed by atoms with Crippen LogP contribution in [0.1, 0.15) is 30.2 Å². The molecule has 0 radical (unpaired) electrons. The Morgan fingerprint density at radius 1 is 1.06 bits per heavy atom. The molecule has 160 valence electrons. The number of pyridine rings is 1. The Bertz CT molecular complexity index is 1200. The van der Waals surface area contributed by atoms with Gasteiger partial charge in [-0.05, 0) is 48.7 Å². The zero-order valence-electron chi connectivity index (χ0n) is 16.9. The van der Waals surface area contributed by atoms with E-state index >= 15 is 0 Å². The molecule has 1 amide bonds. The highest BCUT2D eigenvalue weighted by atomic mass is 35.5. The Kier molecular flexibility index (Phi) is 5.40. The van der Waals surface area contributed by atoms with Crippen LogP contribution in [0, 0.1) is 5.92 Å². The van der Waals surface area contributed by atoms with Crippen molar-refractivity contribution in [3.8, 4) is 11.3 Å². The Balaban J connectivity index is 1.25. The van der Waals surface area contributed by atoms with Crippen LogP contribution >= 0.6 is 23.2 Å². The van der Waals surface area contributed by atoms with Crippen molar-refractivity contribution in [1.29, 1.82) is 0 Å². The lowest BCUT2D eigenvalue weighted by molar-refractivity contribution is -0.134. The molecule has 1 aromatic carbocycles. The molecular formula is C24H22Cl2N2O3. The molecule has 2 unspecified atom stereocenters. The molecule has 1 fully saturated rings. The molecule has 0 saturated carbocycles. The fourth-order valence-corrected chi connectivity index (χ4v) is 5.21. The van der Waals surface area contributed by atoms with E-state index in [1.54, 1.807) is 24.3 Å². The molecule has 3 aromatic rings. The Morgan fingerprint density at radius 3 is 2.81 bits per heavy atom. The van der Waals surface area contributed by atoms with Crippen LogP contribution in [0.15, 0.2) is 57.7 Å². The average molecular weight is 457 g/mol. The van der Waals surface area contributed by atoms with Gasteiger partial charge in [-0.2, -0.15) is 0 Å². The van der Waals surface area contributed by atoms with Crippen LogP contribution in [-0.4, -0.2) is 28.5 Å². The van der Waals surface area contributed by atoms with E-state index in [1.165, 1.54) is 0 Å². The molecule has 31 heavy (non-hydrogen) atoms. The zero-order chi connectivity index (χ0) is 21.5. The third-order valence-corrected chi connectivity index (χ3v) is 6.84. The minimum atomic E-state index is 0.0559. The van der Waals surface area contributed by atoms with E-state index in [9.17, 15) is 9.59 Å². The van der Waals surface area contributed by atoms with E-state index in [2.05, 4.69) is 0 Å². The fraction of sp³-hybridized carbons (Fsp3) is 0.333. The van der Waals surface area contributed by atoms with Crippen molar-refractivity contribution >= 4 is 29.1 Å². The number of aromatic nitrogens is 1. The highest BCUT2D eigenvalue weighted by Gasteiger charge is 2.36. The van der Waals surface area contributed by atoms with Crippen molar-refractivity contribution in [3.05, 3.63) is 80.4 Å². The summed E-state index contributed by atoms with van der Waals surface area (Å²) in [4.78, 5) is 27.1. The highest BCUT2D eigenvalue weighted by Crippen LogP contribution is 2.35. The average Bonchev–Trinajstić information content (AvgIpc) is 3.23. The minimum Gasteiger partial charge on any atom is -0.461 e. The monoisotopic (exact) mass is 456 g/mol. The largest absolute Gasteiger partial charge is 0.461 e. The number of rotatable bonds is 4. The summed E-state index contributed by atoms with van der Waals surface area (Å²) in [5.41, 5.74) is 1.85. The number of fused-ring (bicyclic) bond motifs is 4. The van der Waals surface area contributed by atoms with Gasteiger partial charge in [-0.15, -0.1) is 0 Å². The number of likely N-dealkylation sites (tertiary alicyclic amines) is 1. The third-order valence-electron chi connectivity index (χ3n) is 6.27. The number of aryl methyl sites for hydroxylation is 1. The second-order valence-electron chi connectivity index (χ2n) is 8.39. The molecule has 2 bridgehead atoms. The Morgan fingerprint density at radius 2 is 1.94 bits per heavy atom. The van der Waals surface area contributed by atoms with Gasteiger partial charge in [0.15, 0.2) is 0 Å². The SMILES string of the molecule is O=C(CCc1ccc(-c2cc(Cl)ccc2Cl)o1)N1CC2CC(C1)c1cccc(=O)n1C2. The lowest BCUT2D eigenvalue weighted by atomic mass is 9.83. The second kappa shape index (κ2) is 8.21. The number of hydrogen-bond acceptors (Lipinski definition) is 3. The first-order valence-electron chi connectivity index (χ1n) is 10.5. The van der Waals surface area contributed by atoms with Crippen LogP contribution in [-0.2, 0) is 17.8 Å². The van der Waals surface area contributed by atoms with Crippen LogP contribution in [0.2, 0.25) is 10.0 Å². The summed E-state index contributed by atoms with van der Waals surface area (Å²) in [6.45, 7) is 2.06. The van der Waals surface area contributed by atoms with E-state index in [4.69, 9.17) is 27.6 Å². The van der Waals surface area contributed by atoms with E-state index in [1.807, 2.05) is 33.7 Å². The van der Waals surface area contributed by atoms with Gasteiger partial charge in [-0.3, -0.25) is 9.59 Å². The van der Waals surface area contributed by atoms with Gasteiger partial charge < -0.3 is 13.9 Å². The molecule has 4 heterocycles. The van der Waals surface area contributed by atoms with Crippen LogP contribution < -0.4 is 5.56 Å². The topological polar surface area (TPSA) is 55.5 Å². The zero-order valence-corrected chi connectivity index (χ0v) is 18.4. The predicted molar refractivity (Wildman–Crippen MR) is 121 cm³/mol. The van der Waals surface area contributed by atoms with Gasteiger partial charge in [0.1, 0.15) is 11.5 Å². The van der Waals surface area contributed by atoms with Crippen LogP contribution in [0.3, 0.4) is 0 Å². The molecule has 5 rings (SSSR count). The summed E-state index contributed by atoms with van der Waals surface area (Å²) in [7, 11) is 0. The van der Waals surface area contributed by atoms with Crippen molar-refractivity contribution in [2.24, 2.45) is 5.92 Å². The number of benzene rings is 1. The van der Waals surface area contributed by atoms with E-state index < -0.39 is 0 Å². The molecule has 2 atom stereocenters. The van der Waals surface area contributed by atoms with Gasteiger partial charge in [-0.25, -0.2) is 0 Å². The molecule has 2 aromatic heterocycles. The summed E-state index contributed by atoms with van der Waals surface area (Å²) in [5.74, 6) is 2.07. The maximum Gasteiger partial charge on any atom is 0.250 e. The van der Waals surface area contributed by atoms with Gasteiger partial charge in [-0.1, -0.05) is 29.3 Å². The molecule has 0 aliphatic carbocycles.